The van der Waals surface area contributed by atoms with E-state index in [9.17, 15) is 35.9 Å². The number of carbonyl (C=O) groups excluding carboxylic acids is 2. The summed E-state index contributed by atoms with van der Waals surface area (Å²) in [6, 6.07) is 14.8. The minimum absolute atomic E-state index is 0.160. The summed E-state index contributed by atoms with van der Waals surface area (Å²) in [7, 11) is 0. The number of thioether (sulfide) groups is 1. The predicted octanol–water partition coefficient (Wildman–Crippen LogP) is 7.46. The third-order valence-corrected chi connectivity index (χ3v) is 6.93. The van der Waals surface area contributed by atoms with Crippen LogP contribution in [0.4, 0.5) is 42.5 Å². The average molecular weight is 681 g/mol. The number of aliphatic imine (C=N–C) groups is 1. The van der Waals surface area contributed by atoms with Crippen LogP contribution in [0.2, 0.25) is 0 Å². The lowest BCUT2D eigenvalue weighted by Crippen LogP contribution is -2.30. The van der Waals surface area contributed by atoms with Crippen molar-refractivity contribution in [3.05, 3.63) is 90.0 Å². The van der Waals surface area contributed by atoms with E-state index in [0.29, 0.717) is 41.4 Å². The van der Waals surface area contributed by atoms with E-state index in [0.717, 1.165) is 28.3 Å². The van der Waals surface area contributed by atoms with Gasteiger partial charge in [0.15, 0.2) is 16.7 Å². The van der Waals surface area contributed by atoms with Crippen molar-refractivity contribution in [1.29, 1.82) is 0 Å². The fourth-order valence-corrected chi connectivity index (χ4v) is 4.79. The minimum Gasteiger partial charge on any atom is -0.406 e. The number of ether oxygens (including phenoxy) is 2. The fourth-order valence-electron chi connectivity index (χ4n) is 4.10. The summed E-state index contributed by atoms with van der Waals surface area (Å²) in [5, 5.41) is 6.76. The summed E-state index contributed by atoms with van der Waals surface area (Å²) in [6.45, 7) is 3.34. The lowest BCUT2D eigenvalue weighted by atomic mass is 10.1. The van der Waals surface area contributed by atoms with Crippen molar-refractivity contribution in [2.75, 3.05) is 16.0 Å². The van der Waals surface area contributed by atoms with Gasteiger partial charge in [-0.3, -0.25) is 9.69 Å². The van der Waals surface area contributed by atoms with Gasteiger partial charge in [-0.1, -0.05) is 36.9 Å². The zero-order valence-corrected chi connectivity index (χ0v) is 25.5. The fraction of sp³-hybridized carbons (Fsp3) is 0.233. The van der Waals surface area contributed by atoms with Gasteiger partial charge in [0.05, 0.1) is 11.4 Å². The molecule has 0 unspecified atom stereocenters. The van der Waals surface area contributed by atoms with Crippen LogP contribution in [-0.2, 0) is 17.6 Å². The number of carbonyl (C=O) groups is 2. The molecule has 0 aliphatic heterocycles. The Morgan fingerprint density at radius 2 is 1.66 bits per heavy atom. The molecule has 17 heteroatoms. The van der Waals surface area contributed by atoms with Crippen molar-refractivity contribution in [3.8, 4) is 17.2 Å². The van der Waals surface area contributed by atoms with E-state index < -0.39 is 24.5 Å². The first-order valence-electron chi connectivity index (χ1n) is 13.7. The molecule has 0 spiro atoms. The van der Waals surface area contributed by atoms with Crippen LogP contribution in [0.15, 0.2) is 78.0 Å². The van der Waals surface area contributed by atoms with Crippen LogP contribution in [0.5, 0.6) is 11.5 Å². The molecular weight excluding hydrogens is 654 g/mol. The third-order valence-electron chi connectivity index (χ3n) is 6.10. The van der Waals surface area contributed by atoms with Crippen molar-refractivity contribution in [2.24, 2.45) is 4.99 Å². The maximum absolute atomic E-state index is 13.0. The quantitative estimate of drug-likeness (QED) is 0.0801. The van der Waals surface area contributed by atoms with E-state index in [1.807, 2.05) is 0 Å². The third kappa shape index (κ3) is 10.5. The number of halogens is 6. The highest BCUT2D eigenvalue weighted by Gasteiger charge is 2.34. The van der Waals surface area contributed by atoms with Crippen molar-refractivity contribution in [3.63, 3.8) is 0 Å². The molecular formula is C30H26F6N6O4S. The number of anilines is 2. The van der Waals surface area contributed by atoms with E-state index in [2.05, 4.69) is 29.9 Å². The van der Waals surface area contributed by atoms with Gasteiger partial charge in [-0.15, -0.1) is 26.3 Å². The number of aromatic nitrogens is 3. The number of hydrogen-bond donors (Lipinski definition) is 1. The number of aryl methyl sites for hydroxylation is 3. The summed E-state index contributed by atoms with van der Waals surface area (Å²) >= 11 is 0.972. The monoisotopic (exact) mass is 680 g/mol. The normalized spacial score (nSPS) is 12.0. The number of benzene rings is 3. The first kappa shape index (κ1) is 34.8. The van der Waals surface area contributed by atoms with Gasteiger partial charge in [-0.2, -0.15) is 10.1 Å². The first-order chi connectivity index (χ1) is 22.2. The van der Waals surface area contributed by atoms with Crippen LogP contribution < -0.4 is 19.7 Å². The zero-order valence-electron chi connectivity index (χ0n) is 24.7. The van der Waals surface area contributed by atoms with E-state index in [4.69, 9.17) is 0 Å². The molecule has 1 heterocycles. The number of urea groups is 1. The molecule has 4 aromatic rings. The summed E-state index contributed by atoms with van der Waals surface area (Å²) in [4.78, 5) is 33.8. The standard InChI is InChI=1S/C30H26F6N6O4S/c1-3-47-28(41(18-43)24-16-19(2)4-14-25(24)46-30(34,35)36)39-27(44)38-21-8-5-20(6-9-21)7-15-26-37-17-42(40-26)22-10-12-23(13-11-22)45-29(31,32)33/h4-6,8-14,16-18H,3,7,15H2,1-2H3,(H,38,44)/b39-28-. The number of nitrogens with zero attached hydrogens (tertiary/aromatic N) is 5. The van der Waals surface area contributed by atoms with Crippen molar-refractivity contribution in [1.82, 2.24) is 14.8 Å². The molecule has 1 aromatic heterocycles. The molecule has 0 saturated heterocycles. The molecule has 10 nitrogen and oxygen atoms in total. The maximum Gasteiger partial charge on any atom is 0.573 e. The molecule has 0 atom stereocenters. The maximum atomic E-state index is 13.0. The number of hydrogen-bond acceptors (Lipinski definition) is 7. The van der Waals surface area contributed by atoms with Gasteiger partial charge in [-0.05, 0) is 78.8 Å². The van der Waals surface area contributed by atoms with Crippen molar-refractivity contribution >= 4 is 40.7 Å². The van der Waals surface area contributed by atoms with E-state index in [1.165, 1.54) is 47.4 Å². The van der Waals surface area contributed by atoms with Gasteiger partial charge in [0.2, 0.25) is 6.41 Å². The number of amidine groups is 1. The van der Waals surface area contributed by atoms with Crippen LogP contribution in [0, 0.1) is 6.92 Å². The Bertz CT molecular complexity index is 1710. The Kier molecular flexibility index (Phi) is 11.1. The van der Waals surface area contributed by atoms with Crippen molar-refractivity contribution < 1.29 is 45.4 Å². The molecule has 0 saturated carbocycles. The Hall–Kier alpha value is -5.06. The van der Waals surface area contributed by atoms with E-state index >= 15 is 0 Å². The number of nitrogens with one attached hydrogen (secondary N) is 1. The molecule has 4 rings (SSSR count). The Morgan fingerprint density at radius 3 is 2.28 bits per heavy atom. The number of alkyl halides is 6. The first-order valence-corrected chi connectivity index (χ1v) is 14.7. The van der Waals surface area contributed by atoms with Gasteiger partial charge < -0.3 is 14.8 Å². The molecule has 0 radical (unpaired) electrons. The molecule has 0 aliphatic carbocycles. The van der Waals surface area contributed by atoms with Crippen LogP contribution in [-0.4, -0.2) is 50.9 Å². The highest BCUT2D eigenvalue weighted by molar-refractivity contribution is 8.14. The molecule has 0 fully saturated rings. The van der Waals surface area contributed by atoms with Crippen LogP contribution in [0.3, 0.4) is 0 Å². The van der Waals surface area contributed by atoms with E-state index in [-0.39, 0.29) is 23.0 Å². The summed E-state index contributed by atoms with van der Waals surface area (Å²) in [5.74, 6) is -0.147. The zero-order chi connectivity index (χ0) is 34.2. The number of rotatable bonds is 10. The van der Waals surface area contributed by atoms with Crippen LogP contribution in [0.25, 0.3) is 5.69 Å². The van der Waals surface area contributed by atoms with E-state index in [1.54, 1.807) is 38.1 Å². The summed E-state index contributed by atoms with van der Waals surface area (Å²) in [5.41, 5.74) is 2.05. The predicted molar refractivity (Wildman–Crippen MR) is 163 cm³/mol. The Labute approximate surface area is 268 Å². The molecule has 1 N–H and O–H groups in total. The second kappa shape index (κ2) is 15.0. The molecule has 3 amide bonds. The second-order valence-electron chi connectivity index (χ2n) is 9.60. The van der Waals surface area contributed by atoms with Gasteiger partial charge in [0, 0.05) is 12.1 Å². The SMILES string of the molecule is CCS/C(=N\C(=O)Nc1ccc(CCc2ncn(-c3ccc(OC(F)(F)F)cc3)n2)cc1)N(C=O)c1cc(C)ccc1OC(F)(F)F. The van der Waals surface area contributed by atoms with Gasteiger partial charge in [0.1, 0.15) is 12.1 Å². The minimum atomic E-state index is -5.01. The van der Waals surface area contributed by atoms with Crippen molar-refractivity contribution in [2.45, 2.75) is 39.4 Å². The molecule has 248 valence electrons. The lowest BCUT2D eigenvalue weighted by molar-refractivity contribution is -0.275. The lowest BCUT2D eigenvalue weighted by Gasteiger charge is -2.22. The highest BCUT2D eigenvalue weighted by Crippen LogP contribution is 2.35. The summed E-state index contributed by atoms with van der Waals surface area (Å²) in [6.07, 6.45) is -7.14. The van der Waals surface area contributed by atoms with Crippen LogP contribution >= 0.6 is 11.8 Å². The molecule has 47 heavy (non-hydrogen) atoms. The summed E-state index contributed by atoms with van der Waals surface area (Å²) < 4.78 is 85.5. The highest BCUT2D eigenvalue weighted by atomic mass is 32.2. The van der Waals surface area contributed by atoms with Crippen LogP contribution in [0.1, 0.15) is 23.9 Å². The second-order valence-corrected chi connectivity index (χ2v) is 10.8. The van der Waals surface area contributed by atoms with Gasteiger partial charge >= 0.3 is 18.8 Å². The smallest absolute Gasteiger partial charge is 0.406 e. The van der Waals surface area contributed by atoms with Gasteiger partial charge in [0.25, 0.3) is 0 Å². The average Bonchev–Trinajstić information content (AvgIpc) is 3.47. The Morgan fingerprint density at radius 1 is 0.979 bits per heavy atom. The topological polar surface area (TPSA) is 111 Å². The largest absolute Gasteiger partial charge is 0.573 e. The number of amides is 3. The molecule has 0 bridgehead atoms. The molecule has 0 aliphatic rings. The molecule has 3 aromatic carbocycles. The van der Waals surface area contributed by atoms with Gasteiger partial charge in [-0.25, -0.2) is 14.5 Å². The Balaban J connectivity index is 1.39.